The average molecular weight is 267 g/mol. The molecule has 0 aliphatic heterocycles. The van der Waals surface area contributed by atoms with E-state index in [0.29, 0.717) is 17.0 Å². The van der Waals surface area contributed by atoms with Gasteiger partial charge in [-0.2, -0.15) is 11.8 Å². The number of nitrogens with one attached hydrogen (secondary N) is 1. The fourth-order valence-electron chi connectivity index (χ4n) is 2.37. The molecule has 0 aromatic heterocycles. The zero-order chi connectivity index (χ0) is 13.1. The first-order valence-electron chi connectivity index (χ1n) is 5.95. The number of non-ortho nitro benzene ring substituents is 1. The summed E-state index contributed by atoms with van der Waals surface area (Å²) in [6.07, 6.45) is 5.67. The number of rotatable bonds is 4. The Bertz CT molecular complexity index is 453. The first-order valence-corrected chi connectivity index (χ1v) is 7.24. The van der Waals surface area contributed by atoms with Gasteiger partial charge in [-0.1, -0.05) is 6.42 Å². The van der Waals surface area contributed by atoms with Crippen molar-refractivity contribution in [1.29, 1.82) is 0 Å². The first kappa shape index (κ1) is 13.0. The maximum atomic E-state index is 10.6. The van der Waals surface area contributed by atoms with E-state index in [1.807, 2.05) is 11.8 Å². The molecule has 0 heterocycles. The lowest BCUT2D eigenvalue weighted by Gasteiger charge is -2.21. The first-order chi connectivity index (χ1) is 8.61. The van der Waals surface area contributed by atoms with Crippen molar-refractivity contribution in [3.8, 4) is 0 Å². The summed E-state index contributed by atoms with van der Waals surface area (Å²) in [7, 11) is 0. The molecule has 1 aliphatic rings. The highest BCUT2D eigenvalue weighted by atomic mass is 32.2. The number of nitrogens with zero attached hydrogens (tertiary/aromatic N) is 1. The highest BCUT2D eigenvalue weighted by Crippen LogP contribution is 2.33. The van der Waals surface area contributed by atoms with Crippen LogP contribution >= 0.6 is 11.8 Å². The van der Waals surface area contributed by atoms with E-state index < -0.39 is 4.92 Å². The highest BCUT2D eigenvalue weighted by molar-refractivity contribution is 7.99. The molecule has 1 saturated carbocycles. The smallest absolute Gasteiger partial charge is 0.271 e. The standard InChI is InChI=1S/C12H17N3O2S/c1-18-12-4-2-3-11(12)14-10-6-5-8(15(16)17)7-9(10)13/h5-7,11-12,14H,2-4,13H2,1H3. The molecule has 0 bridgehead atoms. The number of nitro groups is 1. The van der Waals surface area contributed by atoms with Gasteiger partial charge in [0, 0.05) is 23.4 Å². The number of thioether (sulfide) groups is 1. The Morgan fingerprint density at radius 3 is 2.89 bits per heavy atom. The van der Waals surface area contributed by atoms with Gasteiger partial charge in [0.2, 0.25) is 0 Å². The SMILES string of the molecule is CSC1CCCC1Nc1ccc([N+](=O)[O-])cc1N. The molecule has 1 fully saturated rings. The van der Waals surface area contributed by atoms with E-state index in [0.717, 1.165) is 12.1 Å². The Balaban J connectivity index is 2.12. The van der Waals surface area contributed by atoms with Gasteiger partial charge >= 0.3 is 0 Å². The summed E-state index contributed by atoms with van der Waals surface area (Å²) in [5, 5.41) is 14.6. The van der Waals surface area contributed by atoms with Crippen molar-refractivity contribution in [2.75, 3.05) is 17.3 Å². The van der Waals surface area contributed by atoms with E-state index in [9.17, 15) is 10.1 Å². The minimum Gasteiger partial charge on any atom is -0.397 e. The number of benzene rings is 1. The summed E-state index contributed by atoms with van der Waals surface area (Å²) >= 11 is 1.86. The van der Waals surface area contributed by atoms with Crippen molar-refractivity contribution in [2.45, 2.75) is 30.6 Å². The molecule has 0 spiro atoms. The molecule has 5 nitrogen and oxygen atoms in total. The van der Waals surface area contributed by atoms with E-state index >= 15 is 0 Å². The minimum atomic E-state index is -0.430. The number of nitrogen functional groups attached to an aromatic ring is 1. The monoisotopic (exact) mass is 267 g/mol. The van der Waals surface area contributed by atoms with Crippen LogP contribution in [0.1, 0.15) is 19.3 Å². The topological polar surface area (TPSA) is 81.2 Å². The maximum Gasteiger partial charge on any atom is 0.271 e. The quantitative estimate of drug-likeness (QED) is 0.498. The van der Waals surface area contributed by atoms with Crippen molar-refractivity contribution < 1.29 is 4.92 Å². The molecule has 2 rings (SSSR count). The van der Waals surface area contributed by atoms with E-state index in [2.05, 4.69) is 11.6 Å². The second kappa shape index (κ2) is 5.48. The summed E-state index contributed by atoms with van der Waals surface area (Å²) in [6.45, 7) is 0. The molecule has 0 saturated heterocycles. The third-order valence-corrected chi connectivity index (χ3v) is 4.51. The summed E-state index contributed by atoms with van der Waals surface area (Å²) in [4.78, 5) is 10.2. The van der Waals surface area contributed by atoms with Crippen LogP contribution in [0, 0.1) is 10.1 Å². The molecule has 1 aromatic carbocycles. The molecule has 98 valence electrons. The third-order valence-electron chi connectivity index (χ3n) is 3.34. The second-order valence-corrected chi connectivity index (χ2v) is 5.56. The van der Waals surface area contributed by atoms with Gasteiger partial charge in [0.25, 0.3) is 5.69 Å². The number of anilines is 2. The van der Waals surface area contributed by atoms with Gasteiger partial charge in [0.05, 0.1) is 16.3 Å². The van der Waals surface area contributed by atoms with Crippen molar-refractivity contribution in [3.63, 3.8) is 0 Å². The van der Waals surface area contributed by atoms with Crippen LogP contribution in [-0.2, 0) is 0 Å². The fourth-order valence-corrected chi connectivity index (χ4v) is 3.30. The van der Waals surface area contributed by atoms with Crippen molar-refractivity contribution >= 4 is 28.8 Å². The highest BCUT2D eigenvalue weighted by Gasteiger charge is 2.26. The van der Waals surface area contributed by atoms with Crippen LogP contribution < -0.4 is 11.1 Å². The Morgan fingerprint density at radius 1 is 1.50 bits per heavy atom. The van der Waals surface area contributed by atoms with Crippen LogP contribution in [0.3, 0.4) is 0 Å². The minimum absolute atomic E-state index is 0.0332. The van der Waals surface area contributed by atoms with Crippen LogP contribution in [0.2, 0.25) is 0 Å². The summed E-state index contributed by atoms with van der Waals surface area (Å²) in [5.74, 6) is 0. The summed E-state index contributed by atoms with van der Waals surface area (Å²) in [6, 6.07) is 5.00. The fraction of sp³-hybridized carbons (Fsp3) is 0.500. The van der Waals surface area contributed by atoms with E-state index in [4.69, 9.17) is 5.73 Å². The molecule has 6 heteroatoms. The average Bonchev–Trinajstić information content (AvgIpc) is 2.78. The van der Waals surface area contributed by atoms with Crippen LogP contribution in [-0.4, -0.2) is 22.5 Å². The van der Waals surface area contributed by atoms with Crippen LogP contribution in [0.15, 0.2) is 18.2 Å². The molecule has 1 aliphatic carbocycles. The molecule has 18 heavy (non-hydrogen) atoms. The molecule has 1 aromatic rings. The number of hydrogen-bond donors (Lipinski definition) is 2. The van der Waals surface area contributed by atoms with E-state index in [-0.39, 0.29) is 5.69 Å². The van der Waals surface area contributed by atoms with E-state index in [1.165, 1.54) is 25.0 Å². The second-order valence-electron chi connectivity index (χ2n) is 4.48. The predicted octanol–water partition coefficient (Wildman–Crippen LogP) is 2.87. The Labute approximate surface area is 110 Å². The van der Waals surface area contributed by atoms with E-state index in [1.54, 1.807) is 6.07 Å². The Kier molecular flexibility index (Phi) is 3.96. The van der Waals surface area contributed by atoms with Crippen molar-refractivity contribution in [1.82, 2.24) is 0 Å². The van der Waals surface area contributed by atoms with Gasteiger partial charge in [0.15, 0.2) is 0 Å². The van der Waals surface area contributed by atoms with Gasteiger partial charge < -0.3 is 11.1 Å². The maximum absolute atomic E-state index is 10.6. The Morgan fingerprint density at radius 2 is 2.28 bits per heavy atom. The van der Waals surface area contributed by atoms with Crippen molar-refractivity contribution in [3.05, 3.63) is 28.3 Å². The predicted molar refractivity (Wildman–Crippen MR) is 76.1 cm³/mol. The lowest BCUT2D eigenvalue weighted by Crippen LogP contribution is -2.26. The lowest BCUT2D eigenvalue weighted by molar-refractivity contribution is -0.384. The molecule has 3 N–H and O–H groups in total. The summed E-state index contributed by atoms with van der Waals surface area (Å²) in [5.41, 5.74) is 7.12. The molecular formula is C12H17N3O2S. The number of hydrogen-bond acceptors (Lipinski definition) is 5. The van der Waals surface area contributed by atoms with Gasteiger partial charge in [-0.25, -0.2) is 0 Å². The Hall–Kier alpha value is -1.43. The van der Waals surface area contributed by atoms with Gasteiger partial charge in [0.1, 0.15) is 0 Å². The normalized spacial score (nSPS) is 22.9. The third kappa shape index (κ3) is 2.69. The molecule has 2 atom stereocenters. The van der Waals surface area contributed by atoms with Gasteiger partial charge in [-0.3, -0.25) is 10.1 Å². The van der Waals surface area contributed by atoms with Gasteiger partial charge in [-0.05, 0) is 25.2 Å². The molecule has 0 radical (unpaired) electrons. The zero-order valence-corrected chi connectivity index (χ0v) is 11.1. The molecule has 2 unspecified atom stereocenters. The molecule has 0 amide bonds. The molecular weight excluding hydrogens is 250 g/mol. The van der Waals surface area contributed by atoms with Crippen LogP contribution in [0.25, 0.3) is 0 Å². The van der Waals surface area contributed by atoms with Crippen LogP contribution in [0.5, 0.6) is 0 Å². The largest absolute Gasteiger partial charge is 0.397 e. The lowest BCUT2D eigenvalue weighted by atomic mass is 10.2. The van der Waals surface area contributed by atoms with Crippen molar-refractivity contribution in [2.24, 2.45) is 0 Å². The number of nitro benzene ring substituents is 1. The number of nitrogens with two attached hydrogens (primary N) is 1. The summed E-state index contributed by atoms with van der Waals surface area (Å²) < 4.78 is 0. The van der Waals surface area contributed by atoms with Crippen LogP contribution in [0.4, 0.5) is 17.1 Å². The zero-order valence-electron chi connectivity index (χ0n) is 10.3. The van der Waals surface area contributed by atoms with Gasteiger partial charge in [-0.15, -0.1) is 0 Å².